The van der Waals surface area contributed by atoms with E-state index in [-0.39, 0.29) is 22.8 Å². The molecule has 6 nitrogen and oxygen atoms in total. The van der Waals surface area contributed by atoms with Gasteiger partial charge in [0, 0.05) is 30.6 Å². The molecule has 0 bridgehead atoms. The molecule has 178 valence electrons. The van der Waals surface area contributed by atoms with Crippen LogP contribution in [0.25, 0.3) is 0 Å². The molecule has 0 radical (unpaired) electrons. The normalized spacial score (nSPS) is 19.5. The summed E-state index contributed by atoms with van der Waals surface area (Å²) in [5, 5.41) is 3.67. The number of halogens is 1. The van der Waals surface area contributed by atoms with Crippen molar-refractivity contribution in [2.45, 2.75) is 43.5 Å². The molecule has 4 rings (SSSR count). The van der Waals surface area contributed by atoms with Crippen molar-refractivity contribution in [2.24, 2.45) is 5.92 Å². The maximum absolute atomic E-state index is 13.0. The van der Waals surface area contributed by atoms with Gasteiger partial charge in [-0.25, -0.2) is 8.42 Å². The number of amides is 1. The Bertz CT molecular complexity index is 1040. The molecule has 2 aliphatic rings. The number of aryl methyl sites for hydroxylation is 1. The zero-order valence-corrected chi connectivity index (χ0v) is 20.6. The molecule has 2 saturated heterocycles. The molecule has 1 N–H and O–H groups in total. The summed E-state index contributed by atoms with van der Waals surface area (Å²) in [5.74, 6) is -0.145. The molecule has 2 fully saturated rings. The third kappa shape index (κ3) is 5.77. The number of carbonyl (C=O) groups is 1. The van der Waals surface area contributed by atoms with Crippen molar-refractivity contribution >= 4 is 27.5 Å². The number of hydrogen-bond acceptors (Lipinski definition) is 4. The summed E-state index contributed by atoms with van der Waals surface area (Å²) in [6.45, 7) is 5.44. The minimum atomic E-state index is -3.57. The van der Waals surface area contributed by atoms with Crippen LogP contribution >= 0.6 is 11.6 Å². The highest BCUT2D eigenvalue weighted by Gasteiger charge is 2.32. The van der Waals surface area contributed by atoms with Gasteiger partial charge in [0.05, 0.1) is 10.9 Å². The number of carbonyl (C=O) groups excluding carboxylic acids is 1. The van der Waals surface area contributed by atoms with E-state index >= 15 is 0 Å². The molecule has 0 aliphatic carbocycles. The van der Waals surface area contributed by atoms with E-state index in [1.54, 1.807) is 12.1 Å². The zero-order valence-electron chi connectivity index (χ0n) is 19.0. The van der Waals surface area contributed by atoms with Gasteiger partial charge >= 0.3 is 0 Å². The summed E-state index contributed by atoms with van der Waals surface area (Å²) in [5.41, 5.74) is 2.45. The predicted octanol–water partition coefficient (Wildman–Crippen LogP) is 4.00. The van der Waals surface area contributed by atoms with E-state index in [4.69, 9.17) is 11.6 Å². The summed E-state index contributed by atoms with van der Waals surface area (Å²) in [7, 11) is -3.57. The second kappa shape index (κ2) is 10.6. The minimum Gasteiger partial charge on any atom is -0.354 e. The molecule has 1 atom stereocenters. The molecule has 1 amide bonds. The number of rotatable bonds is 7. The smallest absolute Gasteiger partial charge is 0.243 e. The second-order valence-electron chi connectivity index (χ2n) is 9.05. The van der Waals surface area contributed by atoms with Crippen molar-refractivity contribution in [2.75, 3.05) is 32.7 Å². The van der Waals surface area contributed by atoms with Gasteiger partial charge in [-0.2, -0.15) is 4.31 Å². The van der Waals surface area contributed by atoms with E-state index in [9.17, 15) is 13.2 Å². The van der Waals surface area contributed by atoms with Gasteiger partial charge in [-0.15, -0.1) is 0 Å². The SMILES string of the molecule is Cc1ccc(C(CNC(=O)C2CCN(S(=O)(=O)c3ccc(Cl)cc3)CC2)N2CCCC2)cc1. The molecule has 2 heterocycles. The predicted molar refractivity (Wildman–Crippen MR) is 131 cm³/mol. The highest BCUT2D eigenvalue weighted by atomic mass is 35.5. The molecule has 2 aliphatic heterocycles. The lowest BCUT2D eigenvalue weighted by Gasteiger charge is -2.32. The van der Waals surface area contributed by atoms with Crippen LogP contribution in [0.2, 0.25) is 5.02 Å². The Morgan fingerprint density at radius 1 is 1.00 bits per heavy atom. The maximum atomic E-state index is 13.0. The monoisotopic (exact) mass is 489 g/mol. The summed E-state index contributed by atoms with van der Waals surface area (Å²) in [6.07, 6.45) is 3.43. The Morgan fingerprint density at radius 3 is 2.21 bits per heavy atom. The Morgan fingerprint density at radius 2 is 1.61 bits per heavy atom. The molecule has 0 saturated carbocycles. The first kappa shape index (κ1) is 24.2. The van der Waals surface area contributed by atoms with Gasteiger partial charge in [-0.05, 0) is 75.5 Å². The maximum Gasteiger partial charge on any atom is 0.243 e. The van der Waals surface area contributed by atoms with E-state index in [2.05, 4.69) is 41.4 Å². The van der Waals surface area contributed by atoms with Gasteiger partial charge in [0.25, 0.3) is 0 Å². The molecule has 0 spiro atoms. The fraction of sp³-hybridized carbons (Fsp3) is 0.480. The van der Waals surface area contributed by atoms with Crippen LogP contribution in [0, 0.1) is 12.8 Å². The average molecular weight is 490 g/mol. The van der Waals surface area contributed by atoms with Crippen LogP contribution in [0.5, 0.6) is 0 Å². The molecule has 1 unspecified atom stereocenters. The quantitative estimate of drug-likeness (QED) is 0.638. The number of piperidine rings is 1. The number of sulfonamides is 1. The number of benzene rings is 2. The van der Waals surface area contributed by atoms with Crippen molar-refractivity contribution in [1.29, 1.82) is 0 Å². The lowest BCUT2D eigenvalue weighted by molar-refractivity contribution is -0.126. The van der Waals surface area contributed by atoms with Crippen molar-refractivity contribution in [3.05, 3.63) is 64.7 Å². The zero-order chi connectivity index (χ0) is 23.4. The van der Waals surface area contributed by atoms with Gasteiger partial charge in [0.2, 0.25) is 15.9 Å². The molecular weight excluding hydrogens is 458 g/mol. The number of hydrogen-bond donors (Lipinski definition) is 1. The van der Waals surface area contributed by atoms with Crippen LogP contribution in [-0.2, 0) is 14.8 Å². The largest absolute Gasteiger partial charge is 0.354 e. The van der Waals surface area contributed by atoms with Crippen LogP contribution in [0.1, 0.15) is 42.9 Å². The Kier molecular flexibility index (Phi) is 7.74. The molecule has 8 heteroatoms. The van der Waals surface area contributed by atoms with E-state index in [0.717, 1.165) is 13.1 Å². The van der Waals surface area contributed by atoms with E-state index in [0.29, 0.717) is 37.5 Å². The molecule has 2 aromatic rings. The van der Waals surface area contributed by atoms with Crippen molar-refractivity contribution in [1.82, 2.24) is 14.5 Å². The summed E-state index contributed by atoms with van der Waals surface area (Å²) in [4.78, 5) is 15.6. The highest BCUT2D eigenvalue weighted by Crippen LogP contribution is 2.27. The first-order chi connectivity index (χ1) is 15.8. The highest BCUT2D eigenvalue weighted by molar-refractivity contribution is 7.89. The number of nitrogens with one attached hydrogen (secondary N) is 1. The van der Waals surface area contributed by atoms with Gasteiger partial charge in [0.1, 0.15) is 0 Å². The topological polar surface area (TPSA) is 69.7 Å². The molecule has 33 heavy (non-hydrogen) atoms. The third-order valence-electron chi connectivity index (χ3n) is 6.79. The summed E-state index contributed by atoms with van der Waals surface area (Å²) >= 11 is 5.88. The summed E-state index contributed by atoms with van der Waals surface area (Å²) in [6, 6.07) is 14.9. The third-order valence-corrected chi connectivity index (χ3v) is 8.95. The average Bonchev–Trinajstić information content (AvgIpc) is 3.35. The van der Waals surface area contributed by atoms with Crippen LogP contribution in [-0.4, -0.2) is 56.3 Å². The Balaban J connectivity index is 1.34. The van der Waals surface area contributed by atoms with E-state index < -0.39 is 10.0 Å². The Hall–Kier alpha value is -1.93. The fourth-order valence-electron chi connectivity index (χ4n) is 4.76. The van der Waals surface area contributed by atoms with Gasteiger partial charge in [-0.3, -0.25) is 9.69 Å². The van der Waals surface area contributed by atoms with Crippen molar-refractivity contribution in [3.63, 3.8) is 0 Å². The van der Waals surface area contributed by atoms with E-state index in [1.165, 1.54) is 40.4 Å². The fourth-order valence-corrected chi connectivity index (χ4v) is 6.35. The lowest BCUT2D eigenvalue weighted by Crippen LogP contribution is -2.44. The van der Waals surface area contributed by atoms with Gasteiger partial charge in [-0.1, -0.05) is 41.4 Å². The van der Waals surface area contributed by atoms with E-state index in [1.807, 2.05) is 0 Å². The first-order valence-corrected chi connectivity index (χ1v) is 13.5. The molecular formula is C25H32ClN3O3S. The standard InChI is InChI=1S/C25H32ClN3O3S/c1-19-4-6-20(7-5-19)24(28-14-2-3-15-28)18-27-25(30)21-12-16-29(17-13-21)33(31,32)23-10-8-22(26)9-11-23/h4-11,21,24H,2-3,12-18H2,1H3,(H,27,30). The van der Waals surface area contributed by atoms with Crippen molar-refractivity contribution in [3.8, 4) is 0 Å². The molecule has 2 aromatic carbocycles. The van der Waals surface area contributed by atoms with Crippen LogP contribution in [0.15, 0.2) is 53.4 Å². The van der Waals surface area contributed by atoms with Gasteiger partial charge < -0.3 is 5.32 Å². The lowest BCUT2D eigenvalue weighted by atomic mass is 9.96. The molecule has 0 aromatic heterocycles. The number of likely N-dealkylation sites (tertiary alicyclic amines) is 1. The number of nitrogens with zero attached hydrogens (tertiary/aromatic N) is 2. The summed E-state index contributed by atoms with van der Waals surface area (Å²) < 4.78 is 27.3. The van der Waals surface area contributed by atoms with Gasteiger partial charge in [0.15, 0.2) is 0 Å². The minimum absolute atomic E-state index is 0.0230. The first-order valence-electron chi connectivity index (χ1n) is 11.7. The van der Waals surface area contributed by atoms with Crippen LogP contribution in [0.4, 0.5) is 0 Å². The Labute approximate surface area is 202 Å². The van der Waals surface area contributed by atoms with Crippen LogP contribution in [0.3, 0.4) is 0 Å². The van der Waals surface area contributed by atoms with Crippen LogP contribution < -0.4 is 5.32 Å². The second-order valence-corrected chi connectivity index (χ2v) is 11.4. The van der Waals surface area contributed by atoms with Crippen molar-refractivity contribution < 1.29 is 13.2 Å².